The lowest BCUT2D eigenvalue weighted by molar-refractivity contribution is 0.0697. The van der Waals surface area contributed by atoms with E-state index in [1.54, 1.807) is 36.4 Å². The molecule has 2 aromatic carbocycles. The van der Waals surface area contributed by atoms with Crippen molar-refractivity contribution in [1.82, 2.24) is 4.90 Å². The van der Waals surface area contributed by atoms with Crippen LogP contribution < -0.4 is 0 Å². The zero-order valence-corrected chi connectivity index (χ0v) is 12.1. The molecule has 0 spiro atoms. The second kappa shape index (κ2) is 6.50. The summed E-state index contributed by atoms with van der Waals surface area (Å²) >= 11 is 0. The number of carboxylic acids is 1. The summed E-state index contributed by atoms with van der Waals surface area (Å²) in [5, 5.41) is 8.86. The fraction of sp³-hybridized carbons (Fsp3) is 0.235. The van der Waals surface area contributed by atoms with Crippen molar-refractivity contribution in [3.63, 3.8) is 0 Å². The predicted molar refractivity (Wildman–Crippen MR) is 79.7 cm³/mol. The maximum absolute atomic E-state index is 13.3. The van der Waals surface area contributed by atoms with Crippen molar-refractivity contribution in [3.05, 3.63) is 70.5 Å². The van der Waals surface area contributed by atoms with E-state index in [4.69, 9.17) is 5.11 Å². The normalized spacial score (nSPS) is 10.9. The number of hydrogen-bond donors (Lipinski definition) is 1. The van der Waals surface area contributed by atoms with Gasteiger partial charge in [0.05, 0.1) is 5.56 Å². The fourth-order valence-corrected chi connectivity index (χ4v) is 2.22. The molecule has 0 saturated carbocycles. The highest BCUT2D eigenvalue weighted by Gasteiger charge is 2.07. The molecule has 21 heavy (non-hydrogen) atoms. The van der Waals surface area contributed by atoms with Gasteiger partial charge in [0.1, 0.15) is 5.82 Å². The van der Waals surface area contributed by atoms with Gasteiger partial charge in [0.15, 0.2) is 0 Å². The fourth-order valence-electron chi connectivity index (χ4n) is 2.22. The zero-order valence-electron chi connectivity index (χ0n) is 12.1. The van der Waals surface area contributed by atoms with E-state index in [0.29, 0.717) is 13.1 Å². The van der Waals surface area contributed by atoms with Crippen molar-refractivity contribution in [2.45, 2.75) is 20.0 Å². The molecule has 0 aliphatic heterocycles. The summed E-state index contributed by atoms with van der Waals surface area (Å²) < 4.78 is 13.3. The summed E-state index contributed by atoms with van der Waals surface area (Å²) in [6.45, 7) is 3.28. The average Bonchev–Trinajstić information content (AvgIpc) is 2.43. The van der Waals surface area contributed by atoms with E-state index in [1.165, 1.54) is 6.07 Å². The van der Waals surface area contributed by atoms with Gasteiger partial charge in [0.2, 0.25) is 0 Å². The standard InChI is InChI=1S/C17H18FNO2/c1-12-3-8-16(18)9-15(12)11-19(2)10-13-4-6-14(7-5-13)17(20)21/h3-9H,10-11H2,1-2H3,(H,20,21). The van der Waals surface area contributed by atoms with Crippen LogP contribution in [0.3, 0.4) is 0 Å². The van der Waals surface area contributed by atoms with Crippen LogP contribution >= 0.6 is 0 Å². The Morgan fingerprint density at radius 1 is 1.14 bits per heavy atom. The Morgan fingerprint density at radius 2 is 1.81 bits per heavy atom. The molecule has 0 bridgehead atoms. The van der Waals surface area contributed by atoms with Gasteiger partial charge < -0.3 is 5.11 Å². The van der Waals surface area contributed by atoms with Crippen molar-refractivity contribution in [3.8, 4) is 0 Å². The van der Waals surface area contributed by atoms with Crippen molar-refractivity contribution in [2.24, 2.45) is 0 Å². The summed E-state index contributed by atoms with van der Waals surface area (Å²) in [7, 11) is 1.95. The first-order valence-corrected chi connectivity index (χ1v) is 6.71. The molecule has 0 aliphatic carbocycles. The maximum atomic E-state index is 13.3. The highest BCUT2D eigenvalue weighted by atomic mass is 19.1. The van der Waals surface area contributed by atoms with Gasteiger partial charge in [-0.25, -0.2) is 9.18 Å². The SMILES string of the molecule is Cc1ccc(F)cc1CN(C)Cc1ccc(C(=O)O)cc1. The predicted octanol–water partition coefficient (Wildman–Crippen LogP) is 3.46. The van der Waals surface area contributed by atoms with Crippen molar-refractivity contribution < 1.29 is 14.3 Å². The number of hydrogen-bond acceptors (Lipinski definition) is 2. The van der Waals surface area contributed by atoms with Crippen LogP contribution in [-0.2, 0) is 13.1 Å². The van der Waals surface area contributed by atoms with Crippen LogP contribution in [-0.4, -0.2) is 23.0 Å². The first kappa shape index (κ1) is 15.2. The smallest absolute Gasteiger partial charge is 0.335 e. The van der Waals surface area contributed by atoms with E-state index in [1.807, 2.05) is 14.0 Å². The van der Waals surface area contributed by atoms with Gasteiger partial charge in [0, 0.05) is 13.1 Å². The van der Waals surface area contributed by atoms with E-state index in [2.05, 4.69) is 4.90 Å². The van der Waals surface area contributed by atoms with Crippen molar-refractivity contribution in [1.29, 1.82) is 0 Å². The molecule has 0 aliphatic rings. The van der Waals surface area contributed by atoms with E-state index in [0.717, 1.165) is 16.7 Å². The molecular weight excluding hydrogens is 269 g/mol. The Balaban J connectivity index is 2.02. The second-order valence-electron chi connectivity index (χ2n) is 5.25. The van der Waals surface area contributed by atoms with E-state index in [9.17, 15) is 9.18 Å². The molecule has 0 heterocycles. The summed E-state index contributed by atoms with van der Waals surface area (Å²) in [5.74, 6) is -1.15. The molecule has 4 heteroatoms. The average molecular weight is 287 g/mol. The number of halogens is 1. The zero-order chi connectivity index (χ0) is 15.4. The minimum Gasteiger partial charge on any atom is -0.478 e. The Hall–Kier alpha value is -2.20. The highest BCUT2D eigenvalue weighted by Crippen LogP contribution is 2.14. The number of aryl methyl sites for hydroxylation is 1. The summed E-state index contributed by atoms with van der Waals surface area (Å²) in [6.07, 6.45) is 0. The van der Waals surface area contributed by atoms with Gasteiger partial charge in [-0.3, -0.25) is 4.90 Å². The molecule has 0 unspecified atom stereocenters. The molecule has 2 rings (SSSR count). The van der Waals surface area contributed by atoms with Crippen molar-refractivity contribution >= 4 is 5.97 Å². The largest absolute Gasteiger partial charge is 0.478 e. The van der Waals surface area contributed by atoms with Gasteiger partial charge in [0.25, 0.3) is 0 Å². The molecule has 2 aromatic rings. The molecule has 110 valence electrons. The first-order valence-electron chi connectivity index (χ1n) is 6.71. The summed E-state index contributed by atoms with van der Waals surface area (Å²) in [6, 6.07) is 11.6. The minimum atomic E-state index is -0.926. The lowest BCUT2D eigenvalue weighted by atomic mass is 10.1. The molecule has 0 aromatic heterocycles. The van der Waals surface area contributed by atoms with Crippen LogP contribution in [0.15, 0.2) is 42.5 Å². The second-order valence-corrected chi connectivity index (χ2v) is 5.25. The number of nitrogens with zero attached hydrogens (tertiary/aromatic N) is 1. The molecule has 0 radical (unpaired) electrons. The van der Waals surface area contributed by atoms with Crippen LogP contribution in [0.4, 0.5) is 4.39 Å². The Labute approximate surface area is 123 Å². The van der Waals surface area contributed by atoms with E-state index >= 15 is 0 Å². The molecule has 1 N–H and O–H groups in total. The van der Waals surface area contributed by atoms with Gasteiger partial charge in [-0.05, 0) is 54.9 Å². The Morgan fingerprint density at radius 3 is 2.43 bits per heavy atom. The number of carboxylic acid groups (broad SMARTS) is 1. The molecule has 0 saturated heterocycles. The third kappa shape index (κ3) is 4.13. The van der Waals surface area contributed by atoms with Crippen LogP contribution in [0.5, 0.6) is 0 Å². The van der Waals surface area contributed by atoms with Crippen LogP contribution in [0, 0.1) is 12.7 Å². The van der Waals surface area contributed by atoms with Gasteiger partial charge in [-0.2, -0.15) is 0 Å². The van der Waals surface area contributed by atoms with Crippen LogP contribution in [0.1, 0.15) is 27.0 Å². The molecule has 0 amide bonds. The third-order valence-electron chi connectivity index (χ3n) is 3.40. The monoisotopic (exact) mass is 287 g/mol. The lowest BCUT2D eigenvalue weighted by Gasteiger charge is -2.18. The lowest BCUT2D eigenvalue weighted by Crippen LogP contribution is -2.18. The van der Waals surface area contributed by atoms with E-state index in [-0.39, 0.29) is 11.4 Å². The molecule has 0 fully saturated rings. The number of benzene rings is 2. The van der Waals surface area contributed by atoms with Gasteiger partial charge >= 0.3 is 5.97 Å². The number of carbonyl (C=O) groups is 1. The maximum Gasteiger partial charge on any atom is 0.335 e. The topological polar surface area (TPSA) is 40.5 Å². The molecular formula is C17H18FNO2. The molecule has 0 atom stereocenters. The molecule has 3 nitrogen and oxygen atoms in total. The van der Waals surface area contributed by atoms with Crippen molar-refractivity contribution in [2.75, 3.05) is 7.05 Å². The number of rotatable bonds is 5. The third-order valence-corrected chi connectivity index (χ3v) is 3.40. The quantitative estimate of drug-likeness (QED) is 0.915. The van der Waals surface area contributed by atoms with Gasteiger partial charge in [-0.1, -0.05) is 18.2 Å². The van der Waals surface area contributed by atoms with E-state index < -0.39 is 5.97 Å². The summed E-state index contributed by atoms with van der Waals surface area (Å²) in [4.78, 5) is 12.9. The van der Waals surface area contributed by atoms with Crippen LogP contribution in [0.2, 0.25) is 0 Å². The Kier molecular flexibility index (Phi) is 4.70. The Bertz CT molecular complexity index is 638. The highest BCUT2D eigenvalue weighted by molar-refractivity contribution is 5.87. The van der Waals surface area contributed by atoms with Gasteiger partial charge in [-0.15, -0.1) is 0 Å². The summed E-state index contributed by atoms with van der Waals surface area (Å²) in [5.41, 5.74) is 3.32. The van der Waals surface area contributed by atoms with Crippen LogP contribution in [0.25, 0.3) is 0 Å². The minimum absolute atomic E-state index is 0.227. The first-order chi connectivity index (χ1) is 9.95. The number of aromatic carboxylic acids is 1.